The molecule has 1 aliphatic rings. The number of nitrogens with one attached hydrogen (secondary N) is 2. The molecule has 1 saturated heterocycles. The molecule has 2 N–H and O–H groups in total. The van der Waals surface area contributed by atoms with Crippen LogP contribution in [0.25, 0.3) is 0 Å². The second-order valence-corrected chi connectivity index (χ2v) is 6.17. The van der Waals surface area contributed by atoms with Crippen molar-refractivity contribution in [2.24, 2.45) is 0 Å². The second-order valence-electron chi connectivity index (χ2n) is 5.02. The first-order valence-electron chi connectivity index (χ1n) is 6.87. The van der Waals surface area contributed by atoms with Gasteiger partial charge in [-0.05, 0) is 18.9 Å². The minimum atomic E-state index is 0.160. The maximum atomic E-state index is 11.8. The molecular formula is C15H22N2OS. The van der Waals surface area contributed by atoms with Crippen molar-refractivity contribution >= 4 is 17.7 Å². The van der Waals surface area contributed by atoms with Crippen LogP contribution in [0.3, 0.4) is 0 Å². The first-order chi connectivity index (χ1) is 9.24. The lowest BCUT2D eigenvalue weighted by Crippen LogP contribution is -2.41. The maximum absolute atomic E-state index is 11.8. The van der Waals surface area contributed by atoms with E-state index in [1.54, 1.807) is 0 Å². The summed E-state index contributed by atoms with van der Waals surface area (Å²) >= 11 is 1.92. The van der Waals surface area contributed by atoms with Crippen LogP contribution in [0.4, 0.5) is 0 Å². The zero-order valence-electron chi connectivity index (χ0n) is 11.4. The van der Waals surface area contributed by atoms with E-state index in [2.05, 4.69) is 41.8 Å². The molecule has 1 atom stereocenters. The average Bonchev–Trinajstić information content (AvgIpc) is 2.40. The van der Waals surface area contributed by atoms with E-state index in [0.717, 1.165) is 31.0 Å². The van der Waals surface area contributed by atoms with Crippen LogP contribution < -0.4 is 10.6 Å². The molecule has 1 fully saturated rings. The summed E-state index contributed by atoms with van der Waals surface area (Å²) in [6.07, 6.45) is 1.50. The van der Waals surface area contributed by atoms with Crippen LogP contribution in [0.15, 0.2) is 24.3 Å². The van der Waals surface area contributed by atoms with Gasteiger partial charge in [-0.15, -0.1) is 0 Å². The van der Waals surface area contributed by atoms with Crippen LogP contribution in [-0.2, 0) is 11.2 Å². The fourth-order valence-corrected chi connectivity index (χ4v) is 3.21. The molecule has 1 heterocycles. The van der Waals surface area contributed by atoms with E-state index in [0.29, 0.717) is 12.5 Å². The van der Waals surface area contributed by atoms with Crippen molar-refractivity contribution in [2.75, 3.05) is 24.6 Å². The number of hydrogen-bond acceptors (Lipinski definition) is 3. The van der Waals surface area contributed by atoms with E-state index in [9.17, 15) is 4.79 Å². The van der Waals surface area contributed by atoms with Crippen LogP contribution in [-0.4, -0.2) is 36.5 Å². The van der Waals surface area contributed by atoms with Crippen molar-refractivity contribution in [2.45, 2.75) is 25.8 Å². The summed E-state index contributed by atoms with van der Waals surface area (Å²) in [7, 11) is 0. The van der Waals surface area contributed by atoms with Crippen molar-refractivity contribution in [1.82, 2.24) is 10.6 Å². The SMILES string of the molecule is Cc1cccc(CCNC(=O)CC2CSCCN2)c1. The van der Waals surface area contributed by atoms with E-state index < -0.39 is 0 Å². The maximum Gasteiger partial charge on any atom is 0.221 e. The molecule has 0 bridgehead atoms. The van der Waals surface area contributed by atoms with Crippen LogP contribution in [0.2, 0.25) is 0 Å². The zero-order chi connectivity index (χ0) is 13.5. The molecule has 0 aromatic heterocycles. The highest BCUT2D eigenvalue weighted by Crippen LogP contribution is 2.10. The Morgan fingerprint density at radius 2 is 2.42 bits per heavy atom. The van der Waals surface area contributed by atoms with Gasteiger partial charge in [0, 0.05) is 37.1 Å². The molecule has 2 rings (SSSR count). The van der Waals surface area contributed by atoms with Crippen LogP contribution in [0.5, 0.6) is 0 Å². The zero-order valence-corrected chi connectivity index (χ0v) is 12.3. The first kappa shape index (κ1) is 14.4. The molecule has 1 unspecified atom stereocenters. The number of carbonyl (C=O) groups is 1. The average molecular weight is 278 g/mol. The molecule has 0 aliphatic carbocycles. The Morgan fingerprint density at radius 3 is 3.16 bits per heavy atom. The van der Waals surface area contributed by atoms with Gasteiger partial charge in [-0.1, -0.05) is 29.8 Å². The number of carbonyl (C=O) groups excluding carboxylic acids is 1. The Balaban J connectivity index is 1.66. The predicted octanol–water partition coefficient (Wildman–Crippen LogP) is 1.75. The summed E-state index contributed by atoms with van der Waals surface area (Å²) in [6, 6.07) is 8.78. The number of aryl methyl sites for hydroxylation is 1. The minimum Gasteiger partial charge on any atom is -0.356 e. The summed E-state index contributed by atoms with van der Waals surface area (Å²) in [5.41, 5.74) is 2.55. The first-order valence-corrected chi connectivity index (χ1v) is 8.03. The lowest BCUT2D eigenvalue weighted by molar-refractivity contribution is -0.121. The van der Waals surface area contributed by atoms with E-state index >= 15 is 0 Å². The van der Waals surface area contributed by atoms with E-state index in [1.807, 2.05) is 11.8 Å². The van der Waals surface area contributed by atoms with Gasteiger partial charge >= 0.3 is 0 Å². The third-order valence-electron chi connectivity index (χ3n) is 3.25. The van der Waals surface area contributed by atoms with Crippen molar-refractivity contribution in [1.29, 1.82) is 0 Å². The van der Waals surface area contributed by atoms with Gasteiger partial charge < -0.3 is 10.6 Å². The molecule has 1 aliphatic heterocycles. The molecule has 3 nitrogen and oxygen atoms in total. The van der Waals surface area contributed by atoms with Crippen molar-refractivity contribution < 1.29 is 4.79 Å². The smallest absolute Gasteiger partial charge is 0.221 e. The fraction of sp³-hybridized carbons (Fsp3) is 0.533. The number of hydrogen-bond donors (Lipinski definition) is 2. The van der Waals surface area contributed by atoms with Crippen LogP contribution >= 0.6 is 11.8 Å². The fourth-order valence-electron chi connectivity index (χ4n) is 2.26. The largest absolute Gasteiger partial charge is 0.356 e. The number of benzene rings is 1. The number of thioether (sulfide) groups is 1. The standard InChI is InChI=1S/C15H22N2OS/c1-12-3-2-4-13(9-12)5-6-17-15(18)10-14-11-19-8-7-16-14/h2-4,9,14,16H,5-8,10-11H2,1H3,(H,17,18). The molecule has 0 radical (unpaired) electrons. The Labute approximate surface area is 119 Å². The van der Waals surface area contributed by atoms with Gasteiger partial charge in [0.2, 0.25) is 5.91 Å². The van der Waals surface area contributed by atoms with Gasteiger partial charge in [0.15, 0.2) is 0 Å². The monoisotopic (exact) mass is 278 g/mol. The predicted molar refractivity (Wildman–Crippen MR) is 81.6 cm³/mol. The Kier molecular flexibility index (Phi) is 5.73. The Bertz CT molecular complexity index is 416. The van der Waals surface area contributed by atoms with Gasteiger partial charge in [-0.25, -0.2) is 0 Å². The molecule has 1 aromatic rings. The minimum absolute atomic E-state index is 0.160. The molecule has 0 saturated carbocycles. The van der Waals surface area contributed by atoms with Gasteiger partial charge in [0.1, 0.15) is 0 Å². The second kappa shape index (κ2) is 7.56. The Hall–Kier alpha value is -1.00. The molecule has 1 amide bonds. The molecule has 19 heavy (non-hydrogen) atoms. The molecular weight excluding hydrogens is 256 g/mol. The topological polar surface area (TPSA) is 41.1 Å². The van der Waals surface area contributed by atoms with Gasteiger partial charge in [0.05, 0.1) is 0 Å². The molecule has 0 spiro atoms. The molecule has 4 heteroatoms. The summed E-state index contributed by atoms with van der Waals surface area (Å²) in [5, 5.41) is 6.39. The summed E-state index contributed by atoms with van der Waals surface area (Å²) in [6.45, 7) is 3.84. The normalized spacial score (nSPS) is 19.1. The number of amides is 1. The third-order valence-corrected chi connectivity index (χ3v) is 4.38. The van der Waals surface area contributed by atoms with Crippen molar-refractivity contribution in [3.63, 3.8) is 0 Å². The lowest BCUT2D eigenvalue weighted by atomic mass is 10.1. The highest BCUT2D eigenvalue weighted by atomic mass is 32.2. The van der Waals surface area contributed by atoms with Crippen LogP contribution in [0.1, 0.15) is 17.5 Å². The van der Waals surface area contributed by atoms with Crippen molar-refractivity contribution in [3.8, 4) is 0 Å². The molecule has 1 aromatic carbocycles. The van der Waals surface area contributed by atoms with E-state index in [-0.39, 0.29) is 5.91 Å². The van der Waals surface area contributed by atoms with Gasteiger partial charge in [-0.3, -0.25) is 4.79 Å². The highest BCUT2D eigenvalue weighted by molar-refractivity contribution is 7.99. The van der Waals surface area contributed by atoms with E-state index in [4.69, 9.17) is 0 Å². The van der Waals surface area contributed by atoms with E-state index in [1.165, 1.54) is 11.1 Å². The summed E-state index contributed by atoms with van der Waals surface area (Å²) in [4.78, 5) is 11.8. The Morgan fingerprint density at radius 1 is 1.53 bits per heavy atom. The molecule has 104 valence electrons. The summed E-state index contributed by atoms with van der Waals surface area (Å²) < 4.78 is 0. The van der Waals surface area contributed by atoms with Crippen molar-refractivity contribution in [3.05, 3.63) is 35.4 Å². The third kappa shape index (κ3) is 5.25. The van der Waals surface area contributed by atoms with Crippen LogP contribution in [0, 0.1) is 6.92 Å². The lowest BCUT2D eigenvalue weighted by Gasteiger charge is -2.22. The quantitative estimate of drug-likeness (QED) is 0.862. The summed E-state index contributed by atoms with van der Waals surface area (Å²) in [5.74, 6) is 2.37. The highest BCUT2D eigenvalue weighted by Gasteiger charge is 2.16. The van der Waals surface area contributed by atoms with Gasteiger partial charge in [-0.2, -0.15) is 11.8 Å². The number of rotatable bonds is 5. The van der Waals surface area contributed by atoms with Gasteiger partial charge in [0.25, 0.3) is 0 Å².